The number of hydrogen-bond donors (Lipinski definition) is 2. The molecular formula is C13H17F2N3O2S. The summed E-state index contributed by atoms with van der Waals surface area (Å²) in [5.41, 5.74) is 5.08. The molecule has 0 aliphatic heterocycles. The number of methoxy groups -OCH3 is 1. The molecule has 21 heavy (non-hydrogen) atoms. The Bertz CT molecular complexity index is 540. The average Bonchev–Trinajstić information content (AvgIpc) is 2.41. The van der Waals surface area contributed by atoms with Crippen LogP contribution in [0.1, 0.15) is 5.56 Å². The second-order valence-corrected chi connectivity index (χ2v) is 4.76. The number of likely N-dealkylation sites (N-methyl/N-ethyl adjacent to an activating group) is 1. The molecule has 0 aliphatic carbocycles. The summed E-state index contributed by atoms with van der Waals surface area (Å²) in [6, 6.07) is 2.62. The number of ether oxygens (including phenoxy) is 1. The van der Waals surface area contributed by atoms with Gasteiger partial charge in [0.25, 0.3) is 0 Å². The molecule has 1 amide bonds. The molecule has 0 fully saturated rings. The van der Waals surface area contributed by atoms with Crippen LogP contribution in [-0.2, 0) is 9.53 Å². The van der Waals surface area contributed by atoms with Crippen molar-refractivity contribution in [1.82, 2.24) is 5.32 Å². The maximum absolute atomic E-state index is 13.9. The van der Waals surface area contributed by atoms with Gasteiger partial charge in [-0.2, -0.15) is 0 Å². The minimum atomic E-state index is -1.12. The fraction of sp³-hybridized carbons (Fsp3) is 0.385. The van der Waals surface area contributed by atoms with Crippen molar-refractivity contribution < 1.29 is 18.3 Å². The van der Waals surface area contributed by atoms with Gasteiger partial charge in [-0.3, -0.25) is 4.79 Å². The maximum Gasteiger partial charge on any atom is 0.239 e. The molecule has 0 heterocycles. The fourth-order valence-electron chi connectivity index (χ4n) is 1.67. The van der Waals surface area contributed by atoms with Gasteiger partial charge in [-0.25, -0.2) is 8.78 Å². The molecular weight excluding hydrogens is 300 g/mol. The maximum atomic E-state index is 13.9. The Kier molecular flexibility index (Phi) is 6.44. The molecule has 0 aromatic heterocycles. The van der Waals surface area contributed by atoms with E-state index in [-0.39, 0.29) is 28.7 Å². The van der Waals surface area contributed by atoms with E-state index in [0.717, 1.165) is 0 Å². The number of halogens is 2. The quantitative estimate of drug-likeness (QED) is 0.575. The van der Waals surface area contributed by atoms with E-state index in [9.17, 15) is 13.6 Å². The number of hydrogen-bond acceptors (Lipinski definition) is 4. The van der Waals surface area contributed by atoms with Crippen LogP contribution in [-0.4, -0.2) is 44.7 Å². The van der Waals surface area contributed by atoms with Crippen molar-refractivity contribution in [3.05, 3.63) is 29.3 Å². The third-order valence-corrected chi connectivity index (χ3v) is 2.97. The third kappa shape index (κ3) is 4.61. The van der Waals surface area contributed by atoms with Gasteiger partial charge in [0.1, 0.15) is 4.99 Å². The molecule has 3 N–H and O–H groups in total. The van der Waals surface area contributed by atoms with Gasteiger partial charge in [-0.05, 0) is 12.1 Å². The summed E-state index contributed by atoms with van der Waals surface area (Å²) in [6.45, 7) is 0.605. The lowest BCUT2D eigenvalue weighted by molar-refractivity contribution is -0.119. The molecule has 0 saturated carbocycles. The van der Waals surface area contributed by atoms with Crippen LogP contribution in [0.2, 0.25) is 0 Å². The van der Waals surface area contributed by atoms with E-state index >= 15 is 0 Å². The summed E-state index contributed by atoms with van der Waals surface area (Å²) in [6.07, 6.45) is 0. The standard InChI is InChI=1S/C13H17F2N3O2S/c1-18(7-10(19)17-5-6-20-2)9-4-3-8(13(16)21)11(14)12(9)15/h3-4H,5-7H2,1-2H3,(H2,16,21)(H,17,19). The van der Waals surface area contributed by atoms with Crippen LogP contribution in [0.15, 0.2) is 12.1 Å². The number of nitrogens with zero attached hydrogens (tertiary/aromatic N) is 1. The zero-order chi connectivity index (χ0) is 16.0. The highest BCUT2D eigenvalue weighted by atomic mass is 32.1. The molecule has 116 valence electrons. The minimum absolute atomic E-state index is 0.0469. The number of nitrogens with one attached hydrogen (secondary N) is 1. The van der Waals surface area contributed by atoms with Crippen LogP contribution in [0.5, 0.6) is 0 Å². The Morgan fingerprint density at radius 3 is 2.67 bits per heavy atom. The van der Waals surface area contributed by atoms with Crippen molar-refractivity contribution in [2.45, 2.75) is 0 Å². The summed E-state index contributed by atoms with van der Waals surface area (Å²) in [7, 11) is 2.99. The topological polar surface area (TPSA) is 67.6 Å². The predicted octanol–water partition coefficient (Wildman–Crippen LogP) is 0.798. The number of anilines is 1. The van der Waals surface area contributed by atoms with Crippen molar-refractivity contribution in [3.63, 3.8) is 0 Å². The lowest BCUT2D eigenvalue weighted by Gasteiger charge is -2.20. The van der Waals surface area contributed by atoms with E-state index in [2.05, 4.69) is 17.5 Å². The van der Waals surface area contributed by atoms with Gasteiger partial charge in [-0.15, -0.1) is 0 Å². The van der Waals surface area contributed by atoms with Crippen molar-refractivity contribution in [2.24, 2.45) is 5.73 Å². The van der Waals surface area contributed by atoms with E-state index in [1.165, 1.54) is 31.2 Å². The molecule has 0 radical (unpaired) electrons. The molecule has 5 nitrogen and oxygen atoms in total. The summed E-state index contributed by atoms with van der Waals surface area (Å²) >= 11 is 4.63. The Morgan fingerprint density at radius 2 is 2.10 bits per heavy atom. The summed E-state index contributed by atoms with van der Waals surface area (Å²) < 4.78 is 32.5. The Hall–Kier alpha value is -1.80. The summed E-state index contributed by atoms with van der Waals surface area (Å²) in [5, 5.41) is 2.59. The number of thiocarbonyl (C=S) groups is 1. The van der Waals surface area contributed by atoms with Crippen LogP contribution >= 0.6 is 12.2 Å². The van der Waals surface area contributed by atoms with Gasteiger partial charge in [0.15, 0.2) is 11.6 Å². The second kappa shape index (κ2) is 7.84. The van der Waals surface area contributed by atoms with Crippen molar-refractivity contribution in [1.29, 1.82) is 0 Å². The van der Waals surface area contributed by atoms with Crippen molar-refractivity contribution >= 4 is 28.8 Å². The van der Waals surface area contributed by atoms with E-state index in [1.54, 1.807) is 0 Å². The van der Waals surface area contributed by atoms with Crippen LogP contribution in [0.25, 0.3) is 0 Å². The fourth-order valence-corrected chi connectivity index (χ4v) is 1.83. The first-order valence-electron chi connectivity index (χ1n) is 6.13. The molecule has 0 unspecified atom stereocenters. The largest absolute Gasteiger partial charge is 0.389 e. The van der Waals surface area contributed by atoms with Crippen LogP contribution in [0.4, 0.5) is 14.5 Å². The highest BCUT2D eigenvalue weighted by Crippen LogP contribution is 2.23. The number of rotatable bonds is 7. The molecule has 0 saturated heterocycles. The Balaban J connectivity index is 2.79. The zero-order valence-corrected chi connectivity index (χ0v) is 12.6. The molecule has 0 spiro atoms. The smallest absolute Gasteiger partial charge is 0.239 e. The second-order valence-electron chi connectivity index (χ2n) is 4.32. The van der Waals surface area contributed by atoms with Crippen molar-refractivity contribution in [3.8, 4) is 0 Å². The first-order valence-corrected chi connectivity index (χ1v) is 6.53. The number of carbonyl (C=O) groups excluding carboxylic acids is 1. The highest BCUT2D eigenvalue weighted by molar-refractivity contribution is 7.80. The van der Waals surface area contributed by atoms with Gasteiger partial charge in [0.05, 0.1) is 18.8 Å². The monoisotopic (exact) mass is 317 g/mol. The molecule has 8 heteroatoms. The lowest BCUT2D eigenvalue weighted by atomic mass is 10.1. The van der Waals surface area contributed by atoms with Gasteiger partial charge in [0.2, 0.25) is 5.91 Å². The number of nitrogens with two attached hydrogens (primary N) is 1. The van der Waals surface area contributed by atoms with E-state index in [0.29, 0.717) is 13.2 Å². The SMILES string of the molecule is COCCNC(=O)CN(C)c1ccc(C(N)=S)c(F)c1F. The Labute approximate surface area is 127 Å². The number of benzene rings is 1. The Morgan fingerprint density at radius 1 is 1.43 bits per heavy atom. The van der Waals surface area contributed by atoms with Crippen molar-refractivity contribution in [2.75, 3.05) is 38.8 Å². The van der Waals surface area contributed by atoms with E-state index < -0.39 is 11.6 Å². The predicted molar refractivity (Wildman–Crippen MR) is 80.4 cm³/mol. The van der Waals surface area contributed by atoms with E-state index in [4.69, 9.17) is 10.5 Å². The highest BCUT2D eigenvalue weighted by Gasteiger charge is 2.18. The summed E-state index contributed by atoms with van der Waals surface area (Å²) in [4.78, 5) is 12.7. The minimum Gasteiger partial charge on any atom is -0.389 e. The first-order chi connectivity index (χ1) is 9.88. The molecule has 1 aromatic carbocycles. The third-order valence-electron chi connectivity index (χ3n) is 2.75. The van der Waals surface area contributed by atoms with Crippen LogP contribution < -0.4 is 16.0 Å². The molecule has 1 rings (SSSR count). The molecule has 0 atom stereocenters. The number of amides is 1. The van der Waals surface area contributed by atoms with Gasteiger partial charge in [0, 0.05) is 26.3 Å². The average molecular weight is 317 g/mol. The summed E-state index contributed by atoms with van der Waals surface area (Å²) in [5.74, 6) is -2.54. The van der Waals surface area contributed by atoms with Gasteiger partial charge < -0.3 is 20.7 Å². The molecule has 0 bridgehead atoms. The van der Waals surface area contributed by atoms with E-state index in [1.807, 2.05) is 0 Å². The normalized spacial score (nSPS) is 10.3. The van der Waals surface area contributed by atoms with Gasteiger partial charge in [-0.1, -0.05) is 12.2 Å². The first kappa shape index (κ1) is 17.3. The van der Waals surface area contributed by atoms with Crippen LogP contribution in [0.3, 0.4) is 0 Å². The van der Waals surface area contributed by atoms with Gasteiger partial charge >= 0.3 is 0 Å². The molecule has 1 aromatic rings. The molecule has 0 aliphatic rings. The lowest BCUT2D eigenvalue weighted by Crippen LogP contribution is -2.37. The van der Waals surface area contributed by atoms with Crippen LogP contribution in [0, 0.1) is 11.6 Å². The number of carbonyl (C=O) groups is 1. The zero-order valence-electron chi connectivity index (χ0n) is 11.8.